The van der Waals surface area contributed by atoms with E-state index in [4.69, 9.17) is 0 Å². The van der Waals surface area contributed by atoms with Crippen LogP contribution >= 0.6 is 11.8 Å². The van der Waals surface area contributed by atoms with E-state index in [-0.39, 0.29) is 11.9 Å². The van der Waals surface area contributed by atoms with E-state index in [1.807, 2.05) is 24.3 Å². The summed E-state index contributed by atoms with van der Waals surface area (Å²) in [7, 11) is 0. The van der Waals surface area contributed by atoms with Gasteiger partial charge in [0, 0.05) is 12.3 Å². The highest BCUT2D eigenvalue weighted by atomic mass is 32.2. The van der Waals surface area contributed by atoms with Crippen molar-refractivity contribution in [3.63, 3.8) is 0 Å². The summed E-state index contributed by atoms with van der Waals surface area (Å²) in [5, 5.41) is 0. The van der Waals surface area contributed by atoms with E-state index in [0.29, 0.717) is 5.75 Å². The summed E-state index contributed by atoms with van der Waals surface area (Å²) in [6, 6.07) is 21.0. The lowest BCUT2D eigenvalue weighted by Crippen LogP contribution is -2.32. The Hall–Kier alpha value is -1.74. The van der Waals surface area contributed by atoms with Gasteiger partial charge in [0.2, 0.25) is 5.91 Å². The zero-order chi connectivity index (χ0) is 15.2. The Balaban J connectivity index is 1.55. The van der Waals surface area contributed by atoms with Crippen LogP contribution in [-0.4, -0.2) is 23.1 Å². The second-order valence-corrected chi connectivity index (χ2v) is 6.62. The van der Waals surface area contributed by atoms with E-state index >= 15 is 0 Å². The second kappa shape index (κ2) is 7.50. The molecule has 1 saturated heterocycles. The molecule has 3 heteroatoms. The fraction of sp³-hybridized carbons (Fsp3) is 0.316. The van der Waals surface area contributed by atoms with E-state index in [1.54, 1.807) is 11.8 Å². The third-order valence-electron chi connectivity index (χ3n) is 4.09. The Kier molecular flexibility index (Phi) is 5.17. The summed E-state index contributed by atoms with van der Waals surface area (Å²) < 4.78 is 0. The van der Waals surface area contributed by atoms with Gasteiger partial charge in [-0.25, -0.2) is 0 Å². The molecule has 0 spiro atoms. The minimum atomic E-state index is 0.269. The molecule has 0 aromatic heterocycles. The van der Waals surface area contributed by atoms with Crippen LogP contribution in [0.5, 0.6) is 0 Å². The lowest BCUT2D eigenvalue weighted by molar-refractivity contribution is -0.129. The fourth-order valence-corrected chi connectivity index (χ4v) is 3.87. The second-order valence-electron chi connectivity index (χ2n) is 5.63. The third-order valence-corrected chi connectivity index (χ3v) is 5.08. The van der Waals surface area contributed by atoms with E-state index in [1.165, 1.54) is 11.1 Å². The van der Waals surface area contributed by atoms with Crippen LogP contribution < -0.4 is 0 Å². The van der Waals surface area contributed by atoms with Crippen LogP contribution in [0.1, 0.15) is 30.0 Å². The molecular formula is C19H21NOS. The third kappa shape index (κ3) is 3.72. The van der Waals surface area contributed by atoms with Gasteiger partial charge in [-0.1, -0.05) is 60.7 Å². The first kappa shape index (κ1) is 15.2. The molecule has 1 fully saturated rings. The molecular weight excluding hydrogens is 290 g/mol. The van der Waals surface area contributed by atoms with Crippen LogP contribution in [0, 0.1) is 0 Å². The maximum Gasteiger partial charge on any atom is 0.233 e. The minimum Gasteiger partial charge on any atom is -0.335 e. The first-order chi connectivity index (χ1) is 10.8. The maximum atomic E-state index is 12.5. The van der Waals surface area contributed by atoms with Gasteiger partial charge >= 0.3 is 0 Å². The molecule has 0 saturated carbocycles. The first-order valence-electron chi connectivity index (χ1n) is 7.80. The van der Waals surface area contributed by atoms with Gasteiger partial charge in [-0.3, -0.25) is 4.79 Å². The molecule has 1 aliphatic rings. The van der Waals surface area contributed by atoms with Gasteiger partial charge in [-0.05, 0) is 24.0 Å². The van der Waals surface area contributed by atoms with Crippen LogP contribution in [0.3, 0.4) is 0 Å². The summed E-state index contributed by atoms with van der Waals surface area (Å²) in [5.41, 5.74) is 2.54. The van der Waals surface area contributed by atoms with E-state index < -0.39 is 0 Å². The number of carbonyl (C=O) groups excluding carboxylic acids is 1. The van der Waals surface area contributed by atoms with Gasteiger partial charge in [-0.15, -0.1) is 11.8 Å². The lowest BCUT2D eigenvalue weighted by atomic mass is 10.0. The van der Waals surface area contributed by atoms with Crippen molar-refractivity contribution in [2.24, 2.45) is 0 Å². The maximum absolute atomic E-state index is 12.5. The predicted octanol–water partition coefficient (Wildman–Crippen LogP) is 4.28. The standard InChI is InChI=1S/C19H21NOS/c21-19(15-22-14-16-8-3-1-4-9-16)20-13-7-12-18(20)17-10-5-2-6-11-17/h1-6,8-11,18H,7,12-15H2/t18-/m1/s1. The molecule has 0 N–H and O–H groups in total. The van der Waals surface area contributed by atoms with Crippen molar-refractivity contribution in [2.45, 2.75) is 24.6 Å². The summed E-state index contributed by atoms with van der Waals surface area (Å²) in [5.74, 6) is 1.74. The minimum absolute atomic E-state index is 0.269. The zero-order valence-corrected chi connectivity index (χ0v) is 13.5. The number of likely N-dealkylation sites (tertiary alicyclic amines) is 1. The number of hydrogen-bond donors (Lipinski definition) is 0. The van der Waals surface area contributed by atoms with E-state index in [0.717, 1.165) is 25.1 Å². The van der Waals surface area contributed by atoms with Gasteiger partial charge < -0.3 is 4.90 Å². The highest BCUT2D eigenvalue weighted by Crippen LogP contribution is 2.32. The molecule has 1 atom stereocenters. The molecule has 3 rings (SSSR count). The van der Waals surface area contributed by atoms with Crippen LogP contribution in [0.4, 0.5) is 0 Å². The number of benzene rings is 2. The summed E-state index contributed by atoms with van der Waals surface area (Å²) in [6.45, 7) is 0.893. The Bertz CT molecular complexity index is 599. The van der Waals surface area contributed by atoms with Crippen LogP contribution in [-0.2, 0) is 10.5 Å². The van der Waals surface area contributed by atoms with Crippen molar-refractivity contribution in [3.8, 4) is 0 Å². The van der Waals surface area contributed by atoms with Crippen molar-refractivity contribution in [3.05, 3.63) is 71.8 Å². The monoisotopic (exact) mass is 311 g/mol. The molecule has 1 amide bonds. The Morgan fingerprint density at radius 2 is 1.73 bits per heavy atom. The zero-order valence-electron chi connectivity index (χ0n) is 12.7. The highest BCUT2D eigenvalue weighted by Gasteiger charge is 2.29. The van der Waals surface area contributed by atoms with Gasteiger partial charge in [0.25, 0.3) is 0 Å². The Morgan fingerprint density at radius 1 is 1.05 bits per heavy atom. The van der Waals surface area contributed by atoms with Crippen molar-refractivity contribution in [2.75, 3.05) is 12.3 Å². The number of thioether (sulfide) groups is 1. The highest BCUT2D eigenvalue weighted by molar-refractivity contribution is 7.99. The number of rotatable bonds is 5. The van der Waals surface area contributed by atoms with E-state index in [9.17, 15) is 4.79 Å². The molecule has 0 aliphatic carbocycles. The van der Waals surface area contributed by atoms with Gasteiger partial charge in [0.15, 0.2) is 0 Å². The van der Waals surface area contributed by atoms with Crippen LogP contribution in [0.25, 0.3) is 0 Å². The number of hydrogen-bond acceptors (Lipinski definition) is 2. The smallest absolute Gasteiger partial charge is 0.233 e. The average Bonchev–Trinajstić information content (AvgIpc) is 3.06. The van der Waals surface area contributed by atoms with E-state index in [2.05, 4.69) is 41.3 Å². The first-order valence-corrected chi connectivity index (χ1v) is 8.96. The predicted molar refractivity (Wildman–Crippen MR) is 92.7 cm³/mol. The lowest BCUT2D eigenvalue weighted by Gasteiger charge is -2.25. The van der Waals surface area contributed by atoms with Crippen molar-refractivity contribution in [1.82, 2.24) is 4.90 Å². The molecule has 114 valence electrons. The van der Waals surface area contributed by atoms with Gasteiger partial charge in [-0.2, -0.15) is 0 Å². The van der Waals surface area contributed by atoms with Crippen molar-refractivity contribution in [1.29, 1.82) is 0 Å². The van der Waals surface area contributed by atoms with Gasteiger partial charge in [0.1, 0.15) is 0 Å². The number of amides is 1. The molecule has 0 radical (unpaired) electrons. The Labute approximate surface area is 136 Å². The molecule has 22 heavy (non-hydrogen) atoms. The molecule has 1 heterocycles. The van der Waals surface area contributed by atoms with Crippen molar-refractivity contribution >= 4 is 17.7 Å². The van der Waals surface area contributed by atoms with Gasteiger partial charge in [0.05, 0.1) is 11.8 Å². The summed E-state index contributed by atoms with van der Waals surface area (Å²) in [4.78, 5) is 14.6. The fourth-order valence-electron chi connectivity index (χ4n) is 3.00. The van der Waals surface area contributed by atoms with Crippen molar-refractivity contribution < 1.29 is 4.79 Å². The average molecular weight is 311 g/mol. The Morgan fingerprint density at radius 3 is 2.45 bits per heavy atom. The largest absolute Gasteiger partial charge is 0.335 e. The molecule has 1 aliphatic heterocycles. The number of carbonyl (C=O) groups is 1. The SMILES string of the molecule is O=C(CSCc1ccccc1)N1CCC[C@@H]1c1ccccc1. The molecule has 2 aromatic rings. The topological polar surface area (TPSA) is 20.3 Å². The molecule has 0 unspecified atom stereocenters. The molecule has 2 nitrogen and oxygen atoms in total. The summed E-state index contributed by atoms with van der Waals surface area (Å²) >= 11 is 1.71. The molecule has 0 bridgehead atoms. The van der Waals surface area contributed by atoms with Crippen LogP contribution in [0.15, 0.2) is 60.7 Å². The normalized spacial score (nSPS) is 17.6. The number of nitrogens with zero attached hydrogens (tertiary/aromatic N) is 1. The quantitative estimate of drug-likeness (QED) is 0.821. The summed E-state index contributed by atoms with van der Waals surface area (Å²) in [6.07, 6.45) is 2.19. The van der Waals surface area contributed by atoms with Crippen LogP contribution in [0.2, 0.25) is 0 Å². The molecule has 2 aromatic carbocycles.